The minimum absolute atomic E-state index is 0.329. The van der Waals surface area contributed by atoms with Crippen LogP contribution in [-0.4, -0.2) is 9.36 Å². The summed E-state index contributed by atoms with van der Waals surface area (Å²) in [5.41, 5.74) is 5.57. The van der Waals surface area contributed by atoms with Gasteiger partial charge >= 0.3 is 0 Å². The van der Waals surface area contributed by atoms with Crippen LogP contribution >= 0.6 is 11.5 Å². The molecular formula is C8H13N3S. The molecule has 0 unspecified atom stereocenters. The van der Waals surface area contributed by atoms with E-state index in [0.717, 1.165) is 10.8 Å². The van der Waals surface area contributed by atoms with Gasteiger partial charge in [-0.25, -0.2) is 4.98 Å². The van der Waals surface area contributed by atoms with E-state index in [0.29, 0.717) is 5.92 Å². The Kier molecular flexibility index (Phi) is 1.70. The molecule has 4 heteroatoms. The van der Waals surface area contributed by atoms with E-state index in [9.17, 15) is 0 Å². The van der Waals surface area contributed by atoms with Crippen molar-refractivity contribution in [3.63, 3.8) is 0 Å². The molecule has 2 rings (SSSR count). The van der Waals surface area contributed by atoms with Gasteiger partial charge in [-0.05, 0) is 38.2 Å². The summed E-state index contributed by atoms with van der Waals surface area (Å²) in [6, 6.07) is 0. The van der Waals surface area contributed by atoms with Crippen molar-refractivity contribution in [1.29, 1.82) is 0 Å². The van der Waals surface area contributed by atoms with Crippen LogP contribution in [0.4, 0.5) is 0 Å². The van der Waals surface area contributed by atoms with E-state index in [2.05, 4.69) is 9.36 Å². The lowest BCUT2D eigenvalue weighted by atomic mass is 10.1. The van der Waals surface area contributed by atoms with Crippen LogP contribution in [0.15, 0.2) is 0 Å². The molecule has 3 nitrogen and oxygen atoms in total. The molecular weight excluding hydrogens is 170 g/mol. The Labute approximate surface area is 76.2 Å². The Morgan fingerprint density at radius 1 is 1.50 bits per heavy atom. The normalized spacial score (nSPS) is 18.2. The molecule has 0 aliphatic heterocycles. The van der Waals surface area contributed by atoms with Crippen LogP contribution in [0.5, 0.6) is 0 Å². The molecule has 0 saturated heterocycles. The van der Waals surface area contributed by atoms with Gasteiger partial charge in [-0.3, -0.25) is 0 Å². The number of nitrogens with zero attached hydrogens (tertiary/aromatic N) is 2. The van der Waals surface area contributed by atoms with E-state index in [-0.39, 0.29) is 5.54 Å². The molecule has 1 aromatic heterocycles. The molecule has 66 valence electrons. The summed E-state index contributed by atoms with van der Waals surface area (Å²) in [6.45, 7) is 3.92. The van der Waals surface area contributed by atoms with Gasteiger partial charge in [0.15, 0.2) is 0 Å². The molecule has 0 aromatic carbocycles. The predicted octanol–water partition coefficient (Wildman–Crippen LogP) is 1.61. The van der Waals surface area contributed by atoms with Crippen molar-refractivity contribution in [3.8, 4) is 0 Å². The Hall–Kier alpha value is -0.480. The number of aromatic nitrogens is 2. The highest BCUT2D eigenvalue weighted by molar-refractivity contribution is 7.05. The van der Waals surface area contributed by atoms with Crippen molar-refractivity contribution in [2.24, 2.45) is 5.73 Å². The highest BCUT2D eigenvalue weighted by atomic mass is 32.1. The first kappa shape index (κ1) is 8.13. The number of rotatable bonds is 2. The topological polar surface area (TPSA) is 51.8 Å². The van der Waals surface area contributed by atoms with Crippen molar-refractivity contribution in [2.45, 2.75) is 38.1 Å². The summed E-state index contributed by atoms with van der Waals surface area (Å²) >= 11 is 1.44. The molecule has 0 atom stereocenters. The van der Waals surface area contributed by atoms with Gasteiger partial charge in [-0.2, -0.15) is 4.37 Å². The number of hydrogen-bond acceptors (Lipinski definition) is 4. The minimum atomic E-state index is -0.329. The summed E-state index contributed by atoms with van der Waals surface area (Å²) in [5, 5.41) is 0.949. The predicted molar refractivity (Wildman–Crippen MR) is 49.1 cm³/mol. The Morgan fingerprint density at radius 3 is 2.58 bits per heavy atom. The molecule has 1 aliphatic carbocycles. The average molecular weight is 183 g/mol. The van der Waals surface area contributed by atoms with Crippen LogP contribution in [-0.2, 0) is 5.54 Å². The van der Waals surface area contributed by atoms with Crippen molar-refractivity contribution >= 4 is 11.5 Å². The summed E-state index contributed by atoms with van der Waals surface area (Å²) in [6.07, 6.45) is 2.50. The third-order valence-corrected chi connectivity index (χ3v) is 3.00. The lowest BCUT2D eigenvalue weighted by Gasteiger charge is -2.12. The van der Waals surface area contributed by atoms with E-state index < -0.39 is 0 Å². The zero-order valence-electron chi connectivity index (χ0n) is 7.37. The summed E-state index contributed by atoms with van der Waals surface area (Å²) in [4.78, 5) is 4.43. The van der Waals surface area contributed by atoms with E-state index in [1.807, 2.05) is 13.8 Å². The van der Waals surface area contributed by atoms with Crippen LogP contribution in [0, 0.1) is 0 Å². The molecule has 0 amide bonds. The zero-order valence-corrected chi connectivity index (χ0v) is 8.19. The second kappa shape index (κ2) is 2.50. The van der Waals surface area contributed by atoms with Gasteiger partial charge in [0, 0.05) is 5.92 Å². The van der Waals surface area contributed by atoms with Gasteiger partial charge in [0.05, 0.1) is 5.54 Å². The van der Waals surface area contributed by atoms with Crippen molar-refractivity contribution in [2.75, 3.05) is 0 Å². The van der Waals surface area contributed by atoms with Gasteiger partial charge in [0.25, 0.3) is 0 Å². The smallest absolute Gasteiger partial charge is 0.145 e. The first-order valence-corrected chi connectivity index (χ1v) is 4.97. The maximum Gasteiger partial charge on any atom is 0.145 e. The van der Waals surface area contributed by atoms with E-state index >= 15 is 0 Å². The Bertz CT molecular complexity index is 283. The van der Waals surface area contributed by atoms with E-state index in [1.165, 1.54) is 24.4 Å². The van der Waals surface area contributed by atoms with Crippen molar-refractivity contribution in [3.05, 3.63) is 10.8 Å². The molecule has 1 fully saturated rings. The minimum Gasteiger partial charge on any atom is -0.320 e. The van der Waals surface area contributed by atoms with Crippen LogP contribution in [0.2, 0.25) is 0 Å². The monoisotopic (exact) mass is 183 g/mol. The van der Waals surface area contributed by atoms with Crippen LogP contribution in [0.25, 0.3) is 0 Å². The number of nitrogens with two attached hydrogens (primary N) is 1. The van der Waals surface area contributed by atoms with Crippen molar-refractivity contribution in [1.82, 2.24) is 9.36 Å². The Morgan fingerprint density at radius 2 is 2.17 bits per heavy atom. The van der Waals surface area contributed by atoms with E-state index in [1.54, 1.807) is 0 Å². The molecule has 2 N–H and O–H groups in total. The van der Waals surface area contributed by atoms with Gasteiger partial charge in [0.1, 0.15) is 10.8 Å². The van der Waals surface area contributed by atoms with Crippen LogP contribution in [0.1, 0.15) is 43.4 Å². The quantitative estimate of drug-likeness (QED) is 0.757. The Balaban J connectivity index is 2.23. The first-order valence-electron chi connectivity index (χ1n) is 4.20. The van der Waals surface area contributed by atoms with Gasteiger partial charge < -0.3 is 5.73 Å². The molecule has 12 heavy (non-hydrogen) atoms. The highest BCUT2D eigenvalue weighted by Gasteiger charge is 2.29. The summed E-state index contributed by atoms with van der Waals surface area (Å²) < 4.78 is 4.30. The zero-order chi connectivity index (χ0) is 8.77. The molecule has 0 radical (unpaired) electrons. The number of hydrogen-bond donors (Lipinski definition) is 1. The highest BCUT2D eigenvalue weighted by Crippen LogP contribution is 2.39. The molecule has 0 bridgehead atoms. The van der Waals surface area contributed by atoms with Gasteiger partial charge in [0.2, 0.25) is 0 Å². The lowest BCUT2D eigenvalue weighted by molar-refractivity contribution is 0.548. The first-order chi connectivity index (χ1) is 5.57. The SMILES string of the molecule is CC(C)(N)c1nc(C2CC2)ns1. The summed E-state index contributed by atoms with van der Waals surface area (Å²) in [7, 11) is 0. The fourth-order valence-electron chi connectivity index (χ4n) is 1.00. The fourth-order valence-corrected chi connectivity index (χ4v) is 1.74. The summed E-state index contributed by atoms with van der Waals surface area (Å²) in [5.74, 6) is 1.64. The largest absolute Gasteiger partial charge is 0.320 e. The molecule has 1 heterocycles. The molecule has 0 spiro atoms. The van der Waals surface area contributed by atoms with Crippen molar-refractivity contribution < 1.29 is 0 Å². The van der Waals surface area contributed by atoms with Gasteiger partial charge in [-0.1, -0.05) is 0 Å². The van der Waals surface area contributed by atoms with Gasteiger partial charge in [-0.15, -0.1) is 0 Å². The van der Waals surface area contributed by atoms with Crippen LogP contribution in [0.3, 0.4) is 0 Å². The third-order valence-electron chi connectivity index (χ3n) is 1.94. The molecule has 1 aromatic rings. The average Bonchev–Trinajstić information content (AvgIpc) is 2.66. The third kappa shape index (κ3) is 1.49. The fraction of sp³-hybridized carbons (Fsp3) is 0.750. The molecule has 1 saturated carbocycles. The van der Waals surface area contributed by atoms with E-state index in [4.69, 9.17) is 5.73 Å². The second-order valence-corrected chi connectivity index (χ2v) is 4.71. The maximum absolute atomic E-state index is 5.90. The maximum atomic E-state index is 5.90. The lowest BCUT2D eigenvalue weighted by Crippen LogP contribution is -2.28. The molecule has 1 aliphatic rings. The second-order valence-electron chi connectivity index (χ2n) is 3.95. The standard InChI is InChI=1S/C8H13N3S/c1-8(2,9)7-10-6(11-12-7)5-3-4-5/h5H,3-4,9H2,1-2H3. The van der Waals surface area contributed by atoms with Crippen LogP contribution < -0.4 is 5.73 Å².